The minimum absolute atomic E-state index is 0.120. The number of carbonyl (C=O) groups excluding carboxylic acids is 2. The summed E-state index contributed by atoms with van der Waals surface area (Å²) in [6.45, 7) is -0.679. The summed E-state index contributed by atoms with van der Waals surface area (Å²) in [7, 11) is 1.01. The highest BCUT2D eigenvalue weighted by Gasteiger charge is 2.45. The van der Waals surface area contributed by atoms with Crippen molar-refractivity contribution in [3.05, 3.63) is 41.0 Å². The summed E-state index contributed by atoms with van der Waals surface area (Å²) in [5.74, 6) is -2.62. The van der Waals surface area contributed by atoms with Gasteiger partial charge in [0.05, 0.1) is 17.6 Å². The van der Waals surface area contributed by atoms with Gasteiger partial charge < -0.3 is 20.4 Å². The maximum absolute atomic E-state index is 12.9. The van der Waals surface area contributed by atoms with E-state index < -0.39 is 18.7 Å². The molecule has 15 heteroatoms. The van der Waals surface area contributed by atoms with Crippen LogP contribution in [0, 0.1) is 5.92 Å². The number of halogens is 5. The minimum atomic E-state index is -4.17. The van der Waals surface area contributed by atoms with Gasteiger partial charge in [-0.15, -0.1) is 0 Å². The molecule has 3 aliphatic carbocycles. The van der Waals surface area contributed by atoms with E-state index in [9.17, 15) is 31.5 Å². The molecule has 3 saturated carbocycles. The van der Waals surface area contributed by atoms with E-state index in [1.165, 1.54) is 19.3 Å². The average molecular weight is 601 g/mol. The van der Waals surface area contributed by atoms with Crippen LogP contribution in [-0.2, 0) is 22.6 Å². The normalized spacial score (nSPS) is 17.3. The average Bonchev–Trinajstić information content (AvgIpc) is 3.85. The third-order valence-electron chi connectivity index (χ3n) is 6.50. The van der Waals surface area contributed by atoms with Crippen molar-refractivity contribution in [3.8, 4) is 0 Å². The number of amides is 2. The highest BCUT2D eigenvalue weighted by atomic mass is 19.4. The summed E-state index contributed by atoms with van der Waals surface area (Å²) in [5, 5.41) is 13.1. The second-order valence-corrected chi connectivity index (χ2v) is 10.7. The molecular formula is C27H33F5N6O4. The summed E-state index contributed by atoms with van der Waals surface area (Å²) in [4.78, 5) is 32.0. The summed E-state index contributed by atoms with van der Waals surface area (Å²) in [6.07, 6.45) is 1.99. The fourth-order valence-electron chi connectivity index (χ4n) is 4.16. The van der Waals surface area contributed by atoms with Crippen LogP contribution in [0.3, 0.4) is 0 Å². The van der Waals surface area contributed by atoms with Gasteiger partial charge in [0.1, 0.15) is 18.1 Å². The molecule has 230 valence electrons. The van der Waals surface area contributed by atoms with Crippen LogP contribution in [0.25, 0.3) is 11.0 Å². The molecule has 0 radical (unpaired) electrons. The number of ether oxygens (including phenoxy) is 1. The number of aromatic amines is 1. The Balaban J connectivity index is 0.000000346. The van der Waals surface area contributed by atoms with E-state index >= 15 is 0 Å². The fourth-order valence-corrected chi connectivity index (χ4v) is 4.16. The van der Waals surface area contributed by atoms with Gasteiger partial charge in [-0.3, -0.25) is 9.59 Å². The van der Waals surface area contributed by atoms with Gasteiger partial charge in [0.2, 0.25) is 11.8 Å². The number of imidazole rings is 1. The van der Waals surface area contributed by atoms with Crippen LogP contribution in [0.1, 0.15) is 84.9 Å². The van der Waals surface area contributed by atoms with Crippen LogP contribution in [0.4, 0.5) is 22.0 Å². The van der Waals surface area contributed by atoms with Gasteiger partial charge in [0, 0.05) is 38.8 Å². The number of alkyl halides is 5. The lowest BCUT2D eigenvalue weighted by molar-refractivity contribution is -0.167. The number of aromatic nitrogens is 4. The molecule has 0 unspecified atom stereocenters. The molecule has 2 amide bonds. The van der Waals surface area contributed by atoms with Crippen molar-refractivity contribution in [2.75, 3.05) is 13.7 Å². The Bertz CT molecular complexity index is 1340. The zero-order valence-electron chi connectivity index (χ0n) is 23.0. The van der Waals surface area contributed by atoms with Crippen LogP contribution >= 0.6 is 0 Å². The molecule has 1 aromatic carbocycles. The van der Waals surface area contributed by atoms with E-state index in [1.54, 1.807) is 0 Å². The highest BCUT2D eigenvalue weighted by Crippen LogP contribution is 2.44. The number of methoxy groups -OCH3 is 1. The van der Waals surface area contributed by atoms with Crippen LogP contribution in [0.15, 0.2) is 22.8 Å². The Kier molecular flexibility index (Phi) is 10.1. The molecule has 3 aromatic rings. The molecule has 3 aliphatic rings. The number of carbonyl (C=O) groups is 2. The molecule has 3 fully saturated rings. The zero-order chi connectivity index (χ0) is 30.3. The van der Waals surface area contributed by atoms with Gasteiger partial charge in [0.25, 0.3) is 5.91 Å². The number of nitrogens with one attached hydrogen (secondary N) is 3. The SMILES string of the molecule is C1CC1.COCC(F)(F)F.O=C(CC1CC(F)(F)C1)NCc1ccc2nc(CNC(=O)c3nonc3C3CC3)[nH]c2c1. The predicted molar refractivity (Wildman–Crippen MR) is 139 cm³/mol. The molecule has 0 saturated heterocycles. The van der Waals surface area contributed by atoms with E-state index in [1.807, 2.05) is 18.2 Å². The lowest BCUT2D eigenvalue weighted by Crippen LogP contribution is -2.38. The molecule has 0 spiro atoms. The Hall–Kier alpha value is -3.62. The van der Waals surface area contributed by atoms with E-state index in [-0.39, 0.29) is 55.2 Å². The summed E-state index contributed by atoms with van der Waals surface area (Å²) < 4.78 is 67.1. The molecule has 0 bridgehead atoms. The lowest BCUT2D eigenvalue weighted by Gasteiger charge is -2.34. The second-order valence-electron chi connectivity index (χ2n) is 10.7. The first kappa shape index (κ1) is 31.3. The van der Waals surface area contributed by atoms with Crippen LogP contribution in [0.2, 0.25) is 0 Å². The van der Waals surface area contributed by atoms with E-state index in [2.05, 4.69) is 35.7 Å². The molecule has 2 heterocycles. The fraction of sp³-hybridized carbons (Fsp3) is 0.593. The van der Waals surface area contributed by atoms with Gasteiger partial charge in [-0.05, 0) is 41.6 Å². The second kappa shape index (κ2) is 13.6. The molecule has 42 heavy (non-hydrogen) atoms. The molecule has 2 aromatic heterocycles. The van der Waals surface area contributed by atoms with Crippen molar-refractivity contribution in [2.45, 2.75) is 82.5 Å². The van der Waals surface area contributed by atoms with Crippen LogP contribution in [0.5, 0.6) is 0 Å². The first-order valence-corrected chi connectivity index (χ1v) is 13.7. The summed E-state index contributed by atoms with van der Waals surface area (Å²) >= 11 is 0. The van der Waals surface area contributed by atoms with Crippen molar-refractivity contribution in [2.24, 2.45) is 5.92 Å². The summed E-state index contributed by atoms with van der Waals surface area (Å²) in [5.41, 5.74) is 3.16. The first-order chi connectivity index (χ1) is 19.9. The molecule has 6 rings (SSSR count). The maximum Gasteiger partial charge on any atom is 0.411 e. The van der Waals surface area contributed by atoms with Gasteiger partial charge in [-0.2, -0.15) is 13.2 Å². The lowest BCUT2D eigenvalue weighted by atomic mass is 9.79. The molecule has 3 N–H and O–H groups in total. The van der Waals surface area contributed by atoms with E-state index in [0.717, 1.165) is 36.5 Å². The van der Waals surface area contributed by atoms with Crippen LogP contribution in [-0.4, -0.2) is 57.9 Å². The number of benzene rings is 1. The van der Waals surface area contributed by atoms with Crippen molar-refractivity contribution in [1.82, 2.24) is 30.9 Å². The van der Waals surface area contributed by atoms with Crippen LogP contribution < -0.4 is 10.6 Å². The Morgan fingerprint density at radius 2 is 1.81 bits per heavy atom. The molecule has 10 nitrogen and oxygen atoms in total. The Morgan fingerprint density at radius 1 is 1.10 bits per heavy atom. The smallest absolute Gasteiger partial charge is 0.375 e. The number of nitrogens with zero attached hydrogens (tertiary/aromatic N) is 3. The number of rotatable bonds is 9. The third kappa shape index (κ3) is 10.0. The predicted octanol–water partition coefficient (Wildman–Crippen LogP) is 5.17. The third-order valence-corrected chi connectivity index (χ3v) is 6.50. The highest BCUT2D eigenvalue weighted by molar-refractivity contribution is 5.93. The van der Waals surface area contributed by atoms with E-state index in [4.69, 9.17) is 4.63 Å². The quantitative estimate of drug-likeness (QED) is 0.289. The molecular weight excluding hydrogens is 567 g/mol. The largest absolute Gasteiger partial charge is 0.411 e. The van der Waals surface area contributed by atoms with Gasteiger partial charge in [-0.1, -0.05) is 30.5 Å². The number of hydrogen-bond acceptors (Lipinski definition) is 7. The number of hydrogen-bond donors (Lipinski definition) is 3. The Morgan fingerprint density at radius 3 is 2.38 bits per heavy atom. The Labute approximate surface area is 238 Å². The molecule has 0 atom stereocenters. The summed E-state index contributed by atoms with van der Waals surface area (Å²) in [6, 6.07) is 5.52. The zero-order valence-corrected chi connectivity index (χ0v) is 23.0. The standard InChI is InChI=1S/C21H22F2N6O3.C3H5F3O.C3H6/c22-21(23)7-12(8-21)6-17(30)24-9-11-1-4-14-15(5-11)27-16(26-14)10-25-20(31)19-18(13-2-3-13)28-32-29-19;1-7-2-3(4,5)6;1-2-3-1/h1,4-5,12-13H,2-3,6-10H2,(H,24,30)(H,25,31)(H,26,27);2H2,1H3;1-3H2. The van der Waals surface area contributed by atoms with Crippen molar-refractivity contribution in [3.63, 3.8) is 0 Å². The van der Waals surface area contributed by atoms with Crippen molar-refractivity contribution in [1.29, 1.82) is 0 Å². The topological polar surface area (TPSA) is 135 Å². The van der Waals surface area contributed by atoms with Gasteiger partial charge >= 0.3 is 6.18 Å². The number of fused-ring (bicyclic) bond motifs is 1. The number of H-pyrrole nitrogens is 1. The van der Waals surface area contributed by atoms with Crippen molar-refractivity contribution < 1.29 is 40.9 Å². The van der Waals surface area contributed by atoms with Crippen molar-refractivity contribution >= 4 is 22.8 Å². The van der Waals surface area contributed by atoms with Gasteiger partial charge in [0.15, 0.2) is 5.69 Å². The van der Waals surface area contributed by atoms with Gasteiger partial charge in [-0.25, -0.2) is 18.4 Å². The monoisotopic (exact) mass is 600 g/mol. The van der Waals surface area contributed by atoms with E-state index in [0.29, 0.717) is 18.1 Å². The molecule has 0 aliphatic heterocycles. The minimum Gasteiger partial charge on any atom is -0.375 e. The first-order valence-electron chi connectivity index (χ1n) is 13.7. The maximum atomic E-state index is 12.9.